The van der Waals surface area contributed by atoms with Gasteiger partial charge in [-0.1, -0.05) is 53.0 Å². The van der Waals surface area contributed by atoms with Gasteiger partial charge in [0.25, 0.3) is 0 Å². The van der Waals surface area contributed by atoms with Gasteiger partial charge in [-0.3, -0.25) is 0 Å². The molecule has 2 fully saturated rings. The number of alkyl halides is 1. The Morgan fingerprint density at radius 3 is 2.63 bits per heavy atom. The van der Waals surface area contributed by atoms with E-state index in [-0.39, 0.29) is 11.3 Å². The molecule has 0 amide bonds. The minimum Gasteiger partial charge on any atom is -0.497 e. The van der Waals surface area contributed by atoms with Crippen LogP contribution in [-0.2, 0) is 20.8 Å². The van der Waals surface area contributed by atoms with Crippen LogP contribution in [0.15, 0.2) is 48.6 Å². The van der Waals surface area contributed by atoms with Crippen molar-refractivity contribution in [3.05, 3.63) is 54.1 Å². The average Bonchev–Trinajstić information content (AvgIpc) is 3.27. The van der Waals surface area contributed by atoms with Crippen LogP contribution in [0.4, 0.5) is 0 Å². The van der Waals surface area contributed by atoms with Gasteiger partial charge in [0.05, 0.1) is 33.5 Å². The van der Waals surface area contributed by atoms with Gasteiger partial charge in [-0.05, 0) is 42.0 Å². The summed E-state index contributed by atoms with van der Waals surface area (Å²) in [7, 11) is 1.68. The molecule has 1 saturated carbocycles. The first kappa shape index (κ1) is 19.4. The molecular formula is C22H27IO4. The lowest BCUT2D eigenvalue weighted by Gasteiger charge is -2.40. The Labute approximate surface area is 175 Å². The van der Waals surface area contributed by atoms with Crippen LogP contribution in [0.1, 0.15) is 18.4 Å². The Bertz CT molecular complexity index is 708. The van der Waals surface area contributed by atoms with Crippen molar-refractivity contribution >= 4 is 22.6 Å². The molecule has 0 N–H and O–H groups in total. The zero-order valence-electron chi connectivity index (χ0n) is 15.8. The summed E-state index contributed by atoms with van der Waals surface area (Å²) in [5, 5.41) is 0. The average molecular weight is 482 g/mol. The Morgan fingerprint density at radius 2 is 1.96 bits per heavy atom. The van der Waals surface area contributed by atoms with Crippen LogP contribution < -0.4 is 4.74 Å². The minimum atomic E-state index is -0.559. The van der Waals surface area contributed by atoms with Crippen LogP contribution in [0.3, 0.4) is 0 Å². The second-order valence-electron chi connectivity index (χ2n) is 7.79. The molecule has 4 nitrogen and oxygen atoms in total. The quantitative estimate of drug-likeness (QED) is 0.325. The minimum absolute atomic E-state index is 0.114. The monoisotopic (exact) mass is 482 g/mol. The summed E-state index contributed by atoms with van der Waals surface area (Å²) in [4.78, 5) is 0. The molecule has 0 aromatic heterocycles. The molecule has 5 heteroatoms. The molecule has 27 heavy (non-hydrogen) atoms. The lowest BCUT2D eigenvalue weighted by Crippen LogP contribution is -2.42. The van der Waals surface area contributed by atoms with Crippen molar-refractivity contribution < 1.29 is 18.9 Å². The Kier molecular flexibility index (Phi) is 5.65. The van der Waals surface area contributed by atoms with Gasteiger partial charge in [-0.2, -0.15) is 0 Å². The van der Waals surface area contributed by atoms with E-state index in [0.29, 0.717) is 25.7 Å². The predicted molar refractivity (Wildman–Crippen MR) is 113 cm³/mol. The van der Waals surface area contributed by atoms with Crippen molar-refractivity contribution in [3.63, 3.8) is 0 Å². The molecule has 1 aromatic carbocycles. The van der Waals surface area contributed by atoms with E-state index < -0.39 is 5.79 Å². The molecular weight excluding hydrogens is 455 g/mol. The molecule has 0 radical (unpaired) electrons. The largest absolute Gasteiger partial charge is 0.497 e. The van der Waals surface area contributed by atoms with E-state index in [9.17, 15) is 0 Å². The topological polar surface area (TPSA) is 36.9 Å². The second kappa shape index (κ2) is 7.85. The fourth-order valence-electron chi connectivity index (χ4n) is 4.69. The molecule has 1 spiro atoms. The third-order valence-electron chi connectivity index (χ3n) is 6.25. The first-order valence-electron chi connectivity index (χ1n) is 9.53. The van der Waals surface area contributed by atoms with Crippen LogP contribution >= 0.6 is 22.6 Å². The number of fused-ring (bicyclic) bond motifs is 3. The molecule has 1 aromatic rings. The third-order valence-corrected chi connectivity index (χ3v) is 7.31. The SMILES string of the molecule is C=C1C[C@@]2([C@@H](CI)COCc3ccc(OC)cc3)C=CC3(OCCO3)[C@@H]1C2. The van der Waals surface area contributed by atoms with Crippen LogP contribution in [0.5, 0.6) is 5.75 Å². The summed E-state index contributed by atoms with van der Waals surface area (Å²) in [6.45, 7) is 7.07. The van der Waals surface area contributed by atoms with Gasteiger partial charge in [-0.15, -0.1) is 0 Å². The van der Waals surface area contributed by atoms with Crippen molar-refractivity contribution in [1.29, 1.82) is 0 Å². The highest BCUT2D eigenvalue weighted by atomic mass is 127. The van der Waals surface area contributed by atoms with Gasteiger partial charge in [0.15, 0.2) is 5.79 Å². The van der Waals surface area contributed by atoms with E-state index in [0.717, 1.165) is 29.6 Å². The third kappa shape index (κ3) is 3.59. The molecule has 2 bridgehead atoms. The summed E-state index contributed by atoms with van der Waals surface area (Å²) >= 11 is 2.49. The highest BCUT2D eigenvalue weighted by Gasteiger charge is 2.57. The fourth-order valence-corrected chi connectivity index (χ4v) is 5.82. The van der Waals surface area contributed by atoms with E-state index in [1.54, 1.807) is 7.11 Å². The molecule has 2 aliphatic carbocycles. The Morgan fingerprint density at radius 1 is 1.22 bits per heavy atom. The number of hydrogen-bond acceptors (Lipinski definition) is 4. The van der Waals surface area contributed by atoms with Crippen LogP contribution in [0.2, 0.25) is 0 Å². The lowest BCUT2D eigenvalue weighted by atomic mass is 9.71. The fraction of sp³-hybridized carbons (Fsp3) is 0.545. The smallest absolute Gasteiger partial charge is 0.194 e. The highest BCUT2D eigenvalue weighted by Crippen LogP contribution is 2.59. The molecule has 146 valence electrons. The van der Waals surface area contributed by atoms with Crippen molar-refractivity contribution in [2.24, 2.45) is 17.3 Å². The maximum Gasteiger partial charge on any atom is 0.194 e. The van der Waals surface area contributed by atoms with E-state index in [2.05, 4.69) is 53.5 Å². The number of rotatable bonds is 7. The number of benzene rings is 1. The summed E-state index contributed by atoms with van der Waals surface area (Å²) in [5.74, 6) is 1.03. The number of methoxy groups -OCH3 is 1. The zero-order valence-corrected chi connectivity index (χ0v) is 17.9. The highest BCUT2D eigenvalue weighted by molar-refractivity contribution is 14.1. The van der Waals surface area contributed by atoms with Crippen molar-refractivity contribution in [1.82, 2.24) is 0 Å². The van der Waals surface area contributed by atoms with Gasteiger partial charge in [0.2, 0.25) is 0 Å². The molecule has 3 aliphatic rings. The molecule has 1 aliphatic heterocycles. The van der Waals surface area contributed by atoms with Gasteiger partial charge < -0.3 is 18.9 Å². The van der Waals surface area contributed by atoms with Gasteiger partial charge in [0.1, 0.15) is 5.75 Å². The number of allylic oxidation sites excluding steroid dienone is 1. The molecule has 1 saturated heterocycles. The first-order valence-corrected chi connectivity index (χ1v) is 11.1. The predicted octanol–water partition coefficient (Wildman–Crippen LogP) is 4.53. The van der Waals surface area contributed by atoms with E-state index in [1.807, 2.05) is 12.1 Å². The second-order valence-corrected chi connectivity index (χ2v) is 8.67. The first-order chi connectivity index (χ1) is 13.1. The summed E-state index contributed by atoms with van der Waals surface area (Å²) < 4.78 is 24.4. The summed E-state index contributed by atoms with van der Waals surface area (Å²) in [5.41, 5.74) is 2.54. The molecule has 4 rings (SSSR count). The standard InChI is InChI=1S/C22H27IO4/c1-16-11-21(7-8-22(20(16)12-21)26-9-10-27-22)18(13-23)15-25-14-17-3-5-19(24-2)6-4-17/h3-8,18,20H,1,9-15H2,2H3/t18-,20+,21-/m0/s1. The van der Waals surface area contributed by atoms with E-state index in [1.165, 1.54) is 11.1 Å². The van der Waals surface area contributed by atoms with Crippen molar-refractivity contribution in [3.8, 4) is 5.75 Å². The number of hydrogen-bond donors (Lipinski definition) is 0. The molecule has 1 heterocycles. The maximum absolute atomic E-state index is 6.13. The van der Waals surface area contributed by atoms with Gasteiger partial charge in [-0.25, -0.2) is 0 Å². The number of halogens is 1. The van der Waals surface area contributed by atoms with E-state index >= 15 is 0 Å². The van der Waals surface area contributed by atoms with Crippen LogP contribution in [0, 0.1) is 17.3 Å². The molecule has 3 atom stereocenters. The Balaban J connectivity index is 1.42. The van der Waals surface area contributed by atoms with Crippen LogP contribution in [0.25, 0.3) is 0 Å². The number of ether oxygens (including phenoxy) is 4. The maximum atomic E-state index is 6.13. The normalized spacial score (nSPS) is 29.4. The van der Waals surface area contributed by atoms with E-state index in [4.69, 9.17) is 18.9 Å². The summed E-state index contributed by atoms with van der Waals surface area (Å²) in [6, 6.07) is 8.07. The van der Waals surface area contributed by atoms with Crippen molar-refractivity contribution in [2.45, 2.75) is 25.2 Å². The lowest BCUT2D eigenvalue weighted by molar-refractivity contribution is -0.154. The Hall–Kier alpha value is -0.890. The molecule has 0 unspecified atom stereocenters. The van der Waals surface area contributed by atoms with Crippen LogP contribution in [-0.4, -0.2) is 37.1 Å². The van der Waals surface area contributed by atoms with Crippen molar-refractivity contribution in [2.75, 3.05) is 31.4 Å². The zero-order chi connectivity index (χ0) is 18.9. The van der Waals surface area contributed by atoms with Gasteiger partial charge >= 0.3 is 0 Å². The van der Waals surface area contributed by atoms with Gasteiger partial charge in [0, 0.05) is 16.3 Å². The summed E-state index contributed by atoms with van der Waals surface area (Å²) in [6.07, 6.45) is 6.55.